The molecule has 166 valence electrons. The maximum atomic E-state index is 13.2. The molecule has 6 nitrogen and oxygen atoms in total. The second-order valence-corrected chi connectivity index (χ2v) is 11.2. The first-order chi connectivity index (χ1) is 14.9. The van der Waals surface area contributed by atoms with Gasteiger partial charge in [0, 0.05) is 29.6 Å². The predicted octanol–water partition coefficient (Wildman–Crippen LogP) is 4.42. The zero-order valence-electron chi connectivity index (χ0n) is 17.9. The quantitative estimate of drug-likeness (QED) is 0.600. The molecule has 1 aromatic carbocycles. The average Bonchev–Trinajstić information content (AvgIpc) is 3.21. The molecule has 1 saturated heterocycles. The van der Waals surface area contributed by atoms with Crippen molar-refractivity contribution < 1.29 is 13.2 Å². The van der Waals surface area contributed by atoms with Gasteiger partial charge in [0.25, 0.3) is 5.91 Å². The van der Waals surface area contributed by atoms with Gasteiger partial charge in [0.15, 0.2) is 5.13 Å². The van der Waals surface area contributed by atoms with Crippen LogP contribution in [0.2, 0.25) is 0 Å². The van der Waals surface area contributed by atoms with Crippen molar-refractivity contribution >= 4 is 32.4 Å². The lowest BCUT2D eigenvalue weighted by Crippen LogP contribution is -2.41. The number of thiazole rings is 1. The average molecular weight is 460 g/mol. The Morgan fingerprint density at radius 1 is 1.23 bits per heavy atom. The van der Waals surface area contributed by atoms with E-state index in [1.165, 1.54) is 4.88 Å². The van der Waals surface area contributed by atoms with Crippen LogP contribution in [-0.2, 0) is 22.9 Å². The van der Waals surface area contributed by atoms with Crippen molar-refractivity contribution in [3.8, 4) is 0 Å². The van der Waals surface area contributed by atoms with E-state index in [2.05, 4.69) is 6.58 Å². The number of piperidine rings is 1. The number of anilines is 1. The minimum Gasteiger partial charge on any atom is -0.280 e. The van der Waals surface area contributed by atoms with Crippen LogP contribution in [0.4, 0.5) is 5.13 Å². The Morgan fingerprint density at radius 3 is 2.65 bits per heavy atom. The zero-order chi connectivity index (χ0) is 22.0. The van der Waals surface area contributed by atoms with Crippen LogP contribution in [0.15, 0.2) is 41.8 Å². The molecule has 2 aliphatic rings. The second-order valence-electron chi connectivity index (χ2n) is 8.26. The van der Waals surface area contributed by atoms with Crippen molar-refractivity contribution in [3.63, 3.8) is 0 Å². The van der Waals surface area contributed by atoms with Gasteiger partial charge in [-0.25, -0.2) is 13.4 Å². The van der Waals surface area contributed by atoms with E-state index in [1.807, 2.05) is 6.92 Å². The normalized spacial score (nSPS) is 19.6. The SMILES string of the molecule is C=CCN(C(=O)c1ccc(S(=O)(=O)N2CCCC[C@H]2C)cc1)c1nc2c(s1)CCCC2. The molecule has 0 unspecified atom stereocenters. The lowest BCUT2D eigenvalue weighted by Gasteiger charge is -2.32. The van der Waals surface area contributed by atoms with Crippen LogP contribution in [0.3, 0.4) is 0 Å². The van der Waals surface area contributed by atoms with Gasteiger partial charge in [0.2, 0.25) is 10.0 Å². The maximum Gasteiger partial charge on any atom is 0.260 e. The molecular weight excluding hydrogens is 430 g/mol. The van der Waals surface area contributed by atoms with E-state index in [9.17, 15) is 13.2 Å². The highest BCUT2D eigenvalue weighted by Crippen LogP contribution is 2.33. The highest BCUT2D eigenvalue weighted by atomic mass is 32.2. The molecule has 1 atom stereocenters. The van der Waals surface area contributed by atoms with Crippen LogP contribution >= 0.6 is 11.3 Å². The van der Waals surface area contributed by atoms with E-state index in [-0.39, 0.29) is 16.8 Å². The van der Waals surface area contributed by atoms with Gasteiger partial charge < -0.3 is 0 Å². The number of aromatic nitrogens is 1. The zero-order valence-corrected chi connectivity index (χ0v) is 19.6. The van der Waals surface area contributed by atoms with Crippen molar-refractivity contribution in [1.29, 1.82) is 0 Å². The largest absolute Gasteiger partial charge is 0.280 e. The van der Waals surface area contributed by atoms with Crippen LogP contribution in [-0.4, -0.2) is 42.7 Å². The molecule has 0 bridgehead atoms. The minimum atomic E-state index is -3.56. The fourth-order valence-electron chi connectivity index (χ4n) is 4.32. The number of fused-ring (bicyclic) bond motifs is 1. The molecule has 1 aliphatic heterocycles. The molecule has 4 rings (SSSR count). The second kappa shape index (κ2) is 9.22. The first-order valence-electron chi connectivity index (χ1n) is 10.9. The Hall–Kier alpha value is -2.03. The maximum absolute atomic E-state index is 13.2. The number of carbonyl (C=O) groups is 1. The number of hydrogen-bond acceptors (Lipinski definition) is 5. The van der Waals surface area contributed by atoms with E-state index in [4.69, 9.17) is 4.98 Å². The van der Waals surface area contributed by atoms with Crippen molar-refractivity contribution in [3.05, 3.63) is 53.1 Å². The molecule has 0 spiro atoms. The summed E-state index contributed by atoms with van der Waals surface area (Å²) >= 11 is 1.58. The molecule has 8 heteroatoms. The Morgan fingerprint density at radius 2 is 1.97 bits per heavy atom. The van der Waals surface area contributed by atoms with Gasteiger partial charge in [-0.15, -0.1) is 17.9 Å². The van der Waals surface area contributed by atoms with E-state index >= 15 is 0 Å². The number of rotatable bonds is 6. The van der Waals surface area contributed by atoms with E-state index in [1.54, 1.807) is 50.9 Å². The number of hydrogen-bond donors (Lipinski definition) is 0. The lowest BCUT2D eigenvalue weighted by atomic mass is 10.0. The number of nitrogens with zero attached hydrogens (tertiary/aromatic N) is 3. The van der Waals surface area contributed by atoms with E-state index < -0.39 is 10.0 Å². The lowest BCUT2D eigenvalue weighted by molar-refractivity contribution is 0.0989. The van der Waals surface area contributed by atoms with Crippen molar-refractivity contribution in [2.45, 2.75) is 62.8 Å². The highest BCUT2D eigenvalue weighted by molar-refractivity contribution is 7.89. The molecular formula is C23H29N3O3S2. The van der Waals surface area contributed by atoms with Crippen LogP contribution in [0, 0.1) is 0 Å². The Balaban J connectivity index is 1.57. The van der Waals surface area contributed by atoms with Gasteiger partial charge in [-0.1, -0.05) is 12.5 Å². The molecule has 1 fully saturated rings. The van der Waals surface area contributed by atoms with Crippen LogP contribution in [0.5, 0.6) is 0 Å². The van der Waals surface area contributed by atoms with Crippen LogP contribution in [0.1, 0.15) is 60.0 Å². The molecule has 1 amide bonds. The molecule has 1 aromatic heterocycles. The number of amides is 1. The summed E-state index contributed by atoms with van der Waals surface area (Å²) < 4.78 is 27.7. The fraction of sp³-hybridized carbons (Fsp3) is 0.478. The summed E-state index contributed by atoms with van der Waals surface area (Å²) in [5.41, 5.74) is 1.55. The van der Waals surface area contributed by atoms with E-state index in [0.717, 1.165) is 50.6 Å². The van der Waals surface area contributed by atoms with Gasteiger partial charge >= 0.3 is 0 Å². The van der Waals surface area contributed by atoms with Crippen molar-refractivity contribution in [1.82, 2.24) is 9.29 Å². The summed E-state index contributed by atoms with van der Waals surface area (Å²) in [5, 5.41) is 0.690. The first-order valence-corrected chi connectivity index (χ1v) is 13.2. The molecule has 0 saturated carbocycles. The smallest absolute Gasteiger partial charge is 0.260 e. The number of benzene rings is 1. The van der Waals surface area contributed by atoms with Crippen LogP contribution < -0.4 is 4.90 Å². The van der Waals surface area contributed by atoms with Gasteiger partial charge in [-0.05, 0) is 69.7 Å². The van der Waals surface area contributed by atoms with E-state index in [0.29, 0.717) is 23.8 Å². The molecule has 0 N–H and O–H groups in total. The standard InChI is InChI=1S/C23H29N3O3S2/c1-3-15-25(23-24-20-9-4-5-10-21(20)30-23)22(27)18-11-13-19(14-12-18)31(28,29)26-16-7-6-8-17(26)2/h3,11-14,17H,1,4-10,15-16H2,2H3/t17-/m1/s1. The topological polar surface area (TPSA) is 70.6 Å². The summed E-state index contributed by atoms with van der Waals surface area (Å²) in [5.74, 6) is -0.193. The Labute approximate surface area is 188 Å². The molecule has 1 aliphatic carbocycles. The van der Waals surface area contributed by atoms with Crippen molar-refractivity contribution in [2.75, 3.05) is 18.0 Å². The minimum absolute atomic E-state index is 0.000854. The Bertz CT molecular complexity index is 1040. The summed E-state index contributed by atoms with van der Waals surface area (Å²) in [6.07, 6.45) is 8.79. The monoisotopic (exact) mass is 459 g/mol. The van der Waals surface area contributed by atoms with Gasteiger partial charge in [0.05, 0.1) is 10.6 Å². The van der Waals surface area contributed by atoms with Gasteiger partial charge in [-0.2, -0.15) is 4.31 Å². The molecule has 2 aromatic rings. The van der Waals surface area contributed by atoms with Crippen molar-refractivity contribution in [2.24, 2.45) is 0 Å². The third-order valence-electron chi connectivity index (χ3n) is 6.07. The summed E-state index contributed by atoms with van der Waals surface area (Å²) in [6.45, 7) is 6.65. The summed E-state index contributed by atoms with van der Waals surface area (Å²) in [4.78, 5) is 21.1. The third kappa shape index (κ3) is 4.47. The van der Waals surface area contributed by atoms with Crippen LogP contribution in [0.25, 0.3) is 0 Å². The molecule has 0 radical (unpaired) electrons. The molecule has 2 heterocycles. The summed E-state index contributed by atoms with van der Waals surface area (Å²) in [7, 11) is -3.56. The number of aryl methyl sites for hydroxylation is 2. The highest BCUT2D eigenvalue weighted by Gasteiger charge is 2.31. The summed E-state index contributed by atoms with van der Waals surface area (Å²) in [6, 6.07) is 6.30. The number of carbonyl (C=O) groups excluding carboxylic acids is 1. The van der Waals surface area contributed by atoms with Gasteiger partial charge in [-0.3, -0.25) is 9.69 Å². The third-order valence-corrected chi connectivity index (χ3v) is 9.28. The Kier molecular flexibility index (Phi) is 6.60. The first kappa shape index (κ1) is 22.2. The number of sulfonamides is 1. The predicted molar refractivity (Wildman–Crippen MR) is 124 cm³/mol. The molecule has 31 heavy (non-hydrogen) atoms. The van der Waals surface area contributed by atoms with Gasteiger partial charge in [0.1, 0.15) is 0 Å². The fourth-order valence-corrected chi connectivity index (χ4v) is 7.18.